The maximum absolute atomic E-state index is 12.3. The van der Waals surface area contributed by atoms with Crippen LogP contribution in [0.5, 0.6) is 0 Å². The molecule has 0 saturated heterocycles. The maximum Gasteiger partial charge on any atom is 0.208 e. The van der Waals surface area contributed by atoms with Gasteiger partial charge >= 0.3 is 0 Å². The Labute approximate surface area is 149 Å². The van der Waals surface area contributed by atoms with E-state index < -0.39 is 5.92 Å². The normalized spacial score (nSPS) is 16.2. The summed E-state index contributed by atoms with van der Waals surface area (Å²) in [6.07, 6.45) is 6.07. The van der Waals surface area contributed by atoms with Crippen molar-refractivity contribution in [2.24, 2.45) is 5.92 Å². The molecule has 1 atom stereocenters. The van der Waals surface area contributed by atoms with Crippen molar-refractivity contribution in [1.82, 2.24) is 20.2 Å². The molecule has 6 nitrogen and oxygen atoms in total. The van der Waals surface area contributed by atoms with Crippen molar-refractivity contribution in [2.75, 3.05) is 5.75 Å². The largest absolute Gasteiger partial charge is 0.297 e. The topological polar surface area (TPSA) is 95.3 Å². The predicted octanol–water partition coefficient (Wildman–Crippen LogP) is 3.27. The van der Waals surface area contributed by atoms with E-state index in [1.807, 2.05) is 12.3 Å². The number of nitrogens with one attached hydrogen (secondary N) is 1. The molecule has 1 saturated carbocycles. The summed E-state index contributed by atoms with van der Waals surface area (Å²) in [4.78, 5) is 21.0. The maximum atomic E-state index is 12.3. The number of nitriles is 1. The van der Waals surface area contributed by atoms with Crippen molar-refractivity contribution >= 4 is 28.9 Å². The van der Waals surface area contributed by atoms with Crippen LogP contribution >= 0.6 is 23.1 Å². The predicted molar refractivity (Wildman–Crippen MR) is 93.0 cm³/mol. The number of Topliss-reactive ketones (excluding diaryl/α,β-unsaturated/α-hetero) is 1. The monoisotopic (exact) mass is 361 g/mol. The highest BCUT2D eigenvalue weighted by Crippen LogP contribution is 2.28. The van der Waals surface area contributed by atoms with E-state index in [0.29, 0.717) is 16.1 Å². The Hall–Kier alpha value is -1.72. The van der Waals surface area contributed by atoms with Crippen molar-refractivity contribution in [3.05, 3.63) is 21.9 Å². The SMILES string of the molecule is Cc1csc([C@H](C#N)C(=O)CSc2n[nH]c(CC3CCCC3)n2)n1. The number of aryl methyl sites for hydroxylation is 1. The molecule has 3 rings (SSSR count). The van der Waals surface area contributed by atoms with E-state index in [2.05, 4.69) is 26.2 Å². The van der Waals surface area contributed by atoms with Gasteiger partial charge in [0, 0.05) is 17.5 Å². The van der Waals surface area contributed by atoms with Gasteiger partial charge in [-0.1, -0.05) is 37.4 Å². The molecule has 126 valence electrons. The Balaban J connectivity index is 1.54. The van der Waals surface area contributed by atoms with Gasteiger partial charge in [-0.3, -0.25) is 9.89 Å². The molecule has 1 aliphatic carbocycles. The molecule has 0 aliphatic heterocycles. The summed E-state index contributed by atoms with van der Waals surface area (Å²) in [5, 5.41) is 19.4. The third kappa shape index (κ3) is 4.22. The third-order valence-electron chi connectivity index (χ3n) is 4.15. The van der Waals surface area contributed by atoms with E-state index in [-0.39, 0.29) is 11.5 Å². The fourth-order valence-corrected chi connectivity index (χ4v) is 4.49. The first-order valence-electron chi connectivity index (χ1n) is 8.04. The molecule has 2 heterocycles. The number of thioether (sulfide) groups is 1. The highest BCUT2D eigenvalue weighted by Gasteiger charge is 2.24. The minimum atomic E-state index is -0.798. The second-order valence-corrected chi connectivity index (χ2v) is 7.90. The van der Waals surface area contributed by atoms with Gasteiger partial charge in [-0.25, -0.2) is 9.97 Å². The van der Waals surface area contributed by atoms with Gasteiger partial charge in [0.05, 0.1) is 11.8 Å². The van der Waals surface area contributed by atoms with E-state index in [4.69, 9.17) is 0 Å². The highest BCUT2D eigenvalue weighted by molar-refractivity contribution is 7.99. The van der Waals surface area contributed by atoms with Gasteiger partial charge in [0.25, 0.3) is 0 Å². The van der Waals surface area contributed by atoms with Crippen LogP contribution in [-0.4, -0.2) is 31.7 Å². The Bertz CT molecular complexity index is 742. The molecule has 2 aromatic heterocycles. The molecule has 0 spiro atoms. The lowest BCUT2D eigenvalue weighted by Crippen LogP contribution is -2.13. The van der Waals surface area contributed by atoms with Crippen LogP contribution < -0.4 is 0 Å². The first-order chi connectivity index (χ1) is 11.7. The second-order valence-electron chi connectivity index (χ2n) is 6.06. The lowest BCUT2D eigenvalue weighted by Gasteiger charge is -2.04. The molecule has 24 heavy (non-hydrogen) atoms. The summed E-state index contributed by atoms with van der Waals surface area (Å²) in [6.45, 7) is 1.85. The molecule has 1 fully saturated rings. The molecule has 0 amide bonds. The molecule has 0 bridgehead atoms. The Morgan fingerprint density at radius 3 is 2.96 bits per heavy atom. The fourth-order valence-electron chi connectivity index (χ4n) is 2.91. The average Bonchev–Trinajstić information content (AvgIpc) is 3.30. The zero-order chi connectivity index (χ0) is 16.9. The van der Waals surface area contributed by atoms with Crippen LogP contribution in [-0.2, 0) is 11.2 Å². The van der Waals surface area contributed by atoms with E-state index >= 15 is 0 Å². The molecule has 0 radical (unpaired) electrons. The Morgan fingerprint density at radius 2 is 2.29 bits per heavy atom. The van der Waals surface area contributed by atoms with Gasteiger partial charge in [-0.05, 0) is 12.8 Å². The first-order valence-corrected chi connectivity index (χ1v) is 9.90. The van der Waals surface area contributed by atoms with Crippen molar-refractivity contribution in [1.29, 1.82) is 5.26 Å². The molecule has 1 N–H and O–H groups in total. The molecule has 1 aliphatic rings. The number of aromatic amines is 1. The average molecular weight is 361 g/mol. The van der Waals surface area contributed by atoms with E-state index in [0.717, 1.165) is 17.9 Å². The summed E-state index contributed by atoms with van der Waals surface area (Å²) >= 11 is 2.63. The molecule has 8 heteroatoms. The number of thiazole rings is 1. The summed E-state index contributed by atoms with van der Waals surface area (Å²) in [6, 6.07) is 2.06. The number of hydrogen-bond acceptors (Lipinski definition) is 7. The van der Waals surface area contributed by atoms with Crippen LogP contribution in [0.2, 0.25) is 0 Å². The molecule has 2 aromatic rings. The van der Waals surface area contributed by atoms with Crippen LogP contribution in [0.4, 0.5) is 0 Å². The zero-order valence-corrected chi connectivity index (χ0v) is 15.1. The summed E-state index contributed by atoms with van der Waals surface area (Å²) in [5.41, 5.74) is 0.834. The molecule has 0 aromatic carbocycles. The lowest BCUT2D eigenvalue weighted by molar-refractivity contribution is -0.116. The van der Waals surface area contributed by atoms with Crippen molar-refractivity contribution < 1.29 is 4.79 Å². The van der Waals surface area contributed by atoms with Crippen LogP contribution in [0, 0.1) is 24.2 Å². The number of H-pyrrole nitrogens is 1. The van der Waals surface area contributed by atoms with Crippen LogP contribution in [0.1, 0.15) is 48.1 Å². The number of carbonyl (C=O) groups excluding carboxylic acids is 1. The zero-order valence-electron chi connectivity index (χ0n) is 13.5. The molecular weight excluding hydrogens is 342 g/mol. The minimum absolute atomic E-state index is 0.154. The van der Waals surface area contributed by atoms with Crippen LogP contribution in [0.3, 0.4) is 0 Å². The quantitative estimate of drug-likeness (QED) is 0.761. The summed E-state index contributed by atoms with van der Waals surface area (Å²) in [7, 11) is 0. The number of ketones is 1. The third-order valence-corrected chi connectivity index (χ3v) is 6.04. The summed E-state index contributed by atoms with van der Waals surface area (Å²) < 4.78 is 0. The van der Waals surface area contributed by atoms with E-state index in [1.165, 1.54) is 48.8 Å². The van der Waals surface area contributed by atoms with Gasteiger partial charge in [0.15, 0.2) is 11.7 Å². The molecule has 0 unspecified atom stereocenters. The van der Waals surface area contributed by atoms with Gasteiger partial charge in [0.2, 0.25) is 5.16 Å². The Kier molecular flexibility index (Phi) is 5.63. The smallest absolute Gasteiger partial charge is 0.208 e. The number of nitrogens with zero attached hydrogens (tertiary/aromatic N) is 4. The molecular formula is C16H19N5OS2. The summed E-state index contributed by atoms with van der Waals surface area (Å²) in [5.74, 6) is 0.822. The van der Waals surface area contributed by atoms with Gasteiger partial charge in [0.1, 0.15) is 10.8 Å². The van der Waals surface area contributed by atoms with Crippen molar-refractivity contribution in [3.63, 3.8) is 0 Å². The van der Waals surface area contributed by atoms with Gasteiger partial charge in [-0.2, -0.15) is 5.26 Å². The highest BCUT2D eigenvalue weighted by atomic mass is 32.2. The Morgan fingerprint density at radius 1 is 1.50 bits per heavy atom. The van der Waals surface area contributed by atoms with E-state index in [9.17, 15) is 10.1 Å². The number of carbonyl (C=O) groups is 1. The minimum Gasteiger partial charge on any atom is -0.297 e. The van der Waals surface area contributed by atoms with Crippen LogP contribution in [0.15, 0.2) is 10.5 Å². The number of rotatable bonds is 7. The number of aromatic nitrogens is 4. The van der Waals surface area contributed by atoms with Gasteiger partial charge in [-0.15, -0.1) is 16.4 Å². The first kappa shape index (κ1) is 17.1. The second kappa shape index (κ2) is 7.90. The van der Waals surface area contributed by atoms with Crippen molar-refractivity contribution in [2.45, 2.75) is 50.1 Å². The van der Waals surface area contributed by atoms with Crippen molar-refractivity contribution in [3.8, 4) is 6.07 Å². The van der Waals surface area contributed by atoms with Gasteiger partial charge < -0.3 is 0 Å². The standard InChI is InChI=1S/C16H19N5OS2/c1-10-8-23-15(18-10)12(7-17)13(22)9-24-16-19-14(20-21-16)6-11-4-2-3-5-11/h8,11-12H,2-6,9H2,1H3,(H,19,20,21)/t12-/m1/s1. The van der Waals surface area contributed by atoms with E-state index in [1.54, 1.807) is 0 Å². The van der Waals surface area contributed by atoms with Crippen LogP contribution in [0.25, 0.3) is 0 Å². The fraction of sp³-hybridized carbons (Fsp3) is 0.562. The lowest BCUT2D eigenvalue weighted by atomic mass is 10.0. The number of hydrogen-bond donors (Lipinski definition) is 1.